The number of aliphatic imine (C=N–C) groups is 1. The van der Waals surface area contributed by atoms with Gasteiger partial charge in [-0.3, -0.25) is 9.98 Å². The van der Waals surface area contributed by atoms with E-state index in [0.717, 1.165) is 18.7 Å². The number of nitrogens with zero attached hydrogens (tertiary/aromatic N) is 2. The lowest BCUT2D eigenvalue weighted by atomic mass is 10.1. The Balaban J connectivity index is 2.26. The van der Waals surface area contributed by atoms with Crippen LogP contribution in [0.5, 0.6) is 0 Å². The van der Waals surface area contributed by atoms with Crippen LogP contribution >= 0.6 is 0 Å². The minimum absolute atomic E-state index is 0.798. The predicted molar refractivity (Wildman–Crippen MR) is 50.2 cm³/mol. The summed E-state index contributed by atoms with van der Waals surface area (Å²) in [5.41, 5.74) is 2.36. The Morgan fingerprint density at radius 2 is 2.25 bits per heavy atom. The van der Waals surface area contributed by atoms with Gasteiger partial charge in [0.05, 0.1) is 12.2 Å². The van der Waals surface area contributed by atoms with Crippen LogP contribution in [-0.2, 0) is 0 Å². The molecule has 0 unspecified atom stereocenters. The van der Waals surface area contributed by atoms with E-state index in [1.165, 1.54) is 5.57 Å². The highest BCUT2D eigenvalue weighted by molar-refractivity contribution is 5.80. The summed E-state index contributed by atoms with van der Waals surface area (Å²) in [5, 5.41) is 0. The van der Waals surface area contributed by atoms with Gasteiger partial charge in [-0.1, -0.05) is 12.1 Å². The van der Waals surface area contributed by atoms with Crippen LogP contribution in [0.25, 0.3) is 5.57 Å². The quantitative estimate of drug-likeness (QED) is 0.613. The summed E-state index contributed by atoms with van der Waals surface area (Å²) in [7, 11) is 0. The van der Waals surface area contributed by atoms with Crippen molar-refractivity contribution in [2.24, 2.45) is 4.99 Å². The van der Waals surface area contributed by atoms with Crippen LogP contribution in [0.1, 0.15) is 12.1 Å². The highest BCUT2D eigenvalue weighted by Crippen LogP contribution is 2.15. The standard InChI is InChI=1S/C10H10N2/c1-2-6-12-10(3-1)9-4-7-11-8-5-9/h1-4,6,8H,5,7H2. The second kappa shape index (κ2) is 3.30. The van der Waals surface area contributed by atoms with Crippen LogP contribution in [0.15, 0.2) is 35.5 Å². The molecule has 2 rings (SSSR count). The number of hydrogen-bond acceptors (Lipinski definition) is 2. The van der Waals surface area contributed by atoms with Crippen molar-refractivity contribution in [3.63, 3.8) is 0 Å². The van der Waals surface area contributed by atoms with Gasteiger partial charge in [-0.15, -0.1) is 0 Å². The third kappa shape index (κ3) is 1.42. The molecule has 0 amide bonds. The molecule has 0 aromatic carbocycles. The zero-order valence-corrected chi connectivity index (χ0v) is 6.77. The first-order chi connectivity index (χ1) is 5.97. The number of pyridine rings is 1. The zero-order valence-electron chi connectivity index (χ0n) is 6.77. The maximum atomic E-state index is 4.27. The average molecular weight is 158 g/mol. The summed E-state index contributed by atoms with van der Waals surface area (Å²) in [5.74, 6) is 0. The normalized spacial score (nSPS) is 15.8. The third-order valence-corrected chi connectivity index (χ3v) is 1.88. The molecule has 0 bridgehead atoms. The third-order valence-electron chi connectivity index (χ3n) is 1.88. The van der Waals surface area contributed by atoms with Crippen molar-refractivity contribution >= 4 is 11.8 Å². The van der Waals surface area contributed by atoms with Gasteiger partial charge in [0, 0.05) is 18.8 Å². The van der Waals surface area contributed by atoms with Gasteiger partial charge >= 0.3 is 0 Å². The second-order valence-electron chi connectivity index (χ2n) is 2.70. The summed E-state index contributed by atoms with van der Waals surface area (Å²) in [6.45, 7) is 0.798. The molecule has 1 aliphatic heterocycles. The number of allylic oxidation sites excluding steroid dienone is 1. The van der Waals surface area contributed by atoms with Crippen molar-refractivity contribution in [1.82, 2.24) is 4.98 Å². The maximum absolute atomic E-state index is 4.27. The molecule has 0 fully saturated rings. The Bertz CT molecular complexity index is 312. The lowest BCUT2D eigenvalue weighted by Crippen LogP contribution is -1.95. The molecule has 0 saturated carbocycles. The summed E-state index contributed by atoms with van der Waals surface area (Å²) in [6, 6.07) is 5.97. The van der Waals surface area contributed by atoms with Crippen LogP contribution in [0.2, 0.25) is 0 Å². The van der Waals surface area contributed by atoms with Crippen molar-refractivity contribution in [3.05, 3.63) is 36.2 Å². The summed E-state index contributed by atoms with van der Waals surface area (Å²) in [6.07, 6.45) is 6.81. The maximum Gasteiger partial charge on any atom is 0.0662 e. The van der Waals surface area contributed by atoms with Crippen molar-refractivity contribution in [2.75, 3.05) is 6.54 Å². The van der Waals surface area contributed by atoms with E-state index in [2.05, 4.69) is 16.1 Å². The zero-order chi connectivity index (χ0) is 8.23. The Labute approximate surface area is 71.7 Å². The molecule has 0 spiro atoms. The Kier molecular flexibility index (Phi) is 1.99. The molecule has 0 saturated heterocycles. The fourth-order valence-electron chi connectivity index (χ4n) is 1.25. The van der Waals surface area contributed by atoms with Crippen LogP contribution in [0.4, 0.5) is 0 Å². The van der Waals surface area contributed by atoms with Crippen LogP contribution in [0.3, 0.4) is 0 Å². The molecular weight excluding hydrogens is 148 g/mol. The second-order valence-corrected chi connectivity index (χ2v) is 2.70. The molecule has 0 atom stereocenters. The van der Waals surface area contributed by atoms with E-state index in [4.69, 9.17) is 0 Å². The molecule has 2 nitrogen and oxygen atoms in total. The lowest BCUT2D eigenvalue weighted by Gasteiger charge is -2.05. The topological polar surface area (TPSA) is 25.2 Å². The highest BCUT2D eigenvalue weighted by atomic mass is 14.7. The summed E-state index contributed by atoms with van der Waals surface area (Å²) >= 11 is 0. The van der Waals surface area contributed by atoms with Gasteiger partial charge in [-0.25, -0.2) is 0 Å². The van der Waals surface area contributed by atoms with Crippen molar-refractivity contribution in [3.8, 4) is 0 Å². The van der Waals surface area contributed by atoms with Crippen molar-refractivity contribution in [1.29, 1.82) is 0 Å². The van der Waals surface area contributed by atoms with Gasteiger partial charge in [0.2, 0.25) is 0 Å². The SMILES string of the molecule is C1=NCC=C(c2ccccn2)C1. The smallest absolute Gasteiger partial charge is 0.0662 e. The number of aromatic nitrogens is 1. The van der Waals surface area contributed by atoms with Crippen LogP contribution in [0, 0.1) is 0 Å². The van der Waals surface area contributed by atoms with E-state index in [-0.39, 0.29) is 0 Å². The Hall–Kier alpha value is -1.44. The average Bonchev–Trinajstić information content (AvgIpc) is 2.21. The van der Waals surface area contributed by atoms with Gasteiger partial charge in [0.25, 0.3) is 0 Å². The summed E-state index contributed by atoms with van der Waals surface area (Å²) < 4.78 is 0. The predicted octanol–water partition coefficient (Wildman–Crippen LogP) is 1.94. The van der Waals surface area contributed by atoms with Crippen molar-refractivity contribution in [2.45, 2.75) is 6.42 Å². The first-order valence-corrected chi connectivity index (χ1v) is 4.05. The fourth-order valence-corrected chi connectivity index (χ4v) is 1.25. The molecular formula is C10H10N2. The minimum atomic E-state index is 0.798. The van der Waals surface area contributed by atoms with E-state index in [9.17, 15) is 0 Å². The molecule has 0 radical (unpaired) electrons. The van der Waals surface area contributed by atoms with E-state index in [1.807, 2.05) is 30.6 Å². The molecule has 0 aliphatic carbocycles. The molecule has 12 heavy (non-hydrogen) atoms. The fraction of sp³-hybridized carbons (Fsp3) is 0.200. The Morgan fingerprint density at radius 1 is 1.25 bits per heavy atom. The molecule has 60 valence electrons. The van der Waals surface area contributed by atoms with Gasteiger partial charge in [0.1, 0.15) is 0 Å². The summed E-state index contributed by atoms with van der Waals surface area (Å²) in [4.78, 5) is 8.40. The lowest BCUT2D eigenvalue weighted by molar-refractivity contribution is 1.17. The first-order valence-electron chi connectivity index (χ1n) is 4.05. The van der Waals surface area contributed by atoms with Gasteiger partial charge in [0.15, 0.2) is 0 Å². The molecule has 1 aromatic rings. The number of rotatable bonds is 1. The monoisotopic (exact) mass is 158 g/mol. The van der Waals surface area contributed by atoms with Gasteiger partial charge < -0.3 is 0 Å². The number of dihydropyridines is 1. The molecule has 0 N–H and O–H groups in total. The largest absolute Gasteiger partial charge is 0.293 e. The molecule has 1 aromatic heterocycles. The highest BCUT2D eigenvalue weighted by Gasteiger charge is 2.02. The number of hydrogen-bond donors (Lipinski definition) is 0. The van der Waals surface area contributed by atoms with Crippen LogP contribution < -0.4 is 0 Å². The minimum Gasteiger partial charge on any atom is -0.293 e. The van der Waals surface area contributed by atoms with Crippen molar-refractivity contribution < 1.29 is 0 Å². The van der Waals surface area contributed by atoms with Gasteiger partial charge in [-0.2, -0.15) is 0 Å². The first kappa shape index (κ1) is 7.22. The van der Waals surface area contributed by atoms with Gasteiger partial charge in [-0.05, 0) is 17.7 Å². The van der Waals surface area contributed by atoms with E-state index >= 15 is 0 Å². The van der Waals surface area contributed by atoms with E-state index < -0.39 is 0 Å². The Morgan fingerprint density at radius 3 is 2.92 bits per heavy atom. The molecule has 2 heterocycles. The molecule has 1 aliphatic rings. The van der Waals surface area contributed by atoms with E-state index in [1.54, 1.807) is 0 Å². The van der Waals surface area contributed by atoms with E-state index in [0.29, 0.717) is 0 Å². The molecule has 2 heteroatoms. The van der Waals surface area contributed by atoms with Crippen LogP contribution in [-0.4, -0.2) is 17.7 Å².